The number of carbonyl (C=O) groups excluding carboxylic acids is 2. The Morgan fingerprint density at radius 3 is 2.57 bits per heavy atom. The minimum absolute atomic E-state index is 0.0276. The van der Waals surface area contributed by atoms with Gasteiger partial charge in [-0.1, -0.05) is 28.1 Å². The Hall–Kier alpha value is -3.40. The first kappa shape index (κ1) is 19.4. The fourth-order valence-corrected chi connectivity index (χ4v) is 2.89. The SMILES string of the molecule is COc1cc([N+](=O)[O-])cc(/C=C2\NC(=O)N(Cc3ccc(Br)cc3)C2=O)c1O. The van der Waals surface area contributed by atoms with Gasteiger partial charge < -0.3 is 15.2 Å². The van der Waals surface area contributed by atoms with Gasteiger partial charge in [0.05, 0.1) is 24.6 Å². The third-order valence-electron chi connectivity index (χ3n) is 4.04. The van der Waals surface area contributed by atoms with Gasteiger partial charge in [0.25, 0.3) is 11.6 Å². The summed E-state index contributed by atoms with van der Waals surface area (Å²) < 4.78 is 5.79. The van der Waals surface area contributed by atoms with E-state index in [0.717, 1.165) is 27.1 Å². The van der Waals surface area contributed by atoms with Gasteiger partial charge in [-0.2, -0.15) is 0 Å². The molecule has 3 rings (SSSR count). The Morgan fingerprint density at radius 2 is 1.96 bits per heavy atom. The largest absolute Gasteiger partial charge is 0.504 e. The van der Waals surface area contributed by atoms with Crippen molar-refractivity contribution in [2.24, 2.45) is 0 Å². The van der Waals surface area contributed by atoms with Gasteiger partial charge in [0.15, 0.2) is 11.5 Å². The number of urea groups is 1. The maximum atomic E-state index is 12.6. The molecule has 0 bridgehead atoms. The number of carbonyl (C=O) groups is 2. The number of amides is 3. The van der Waals surface area contributed by atoms with E-state index in [2.05, 4.69) is 21.2 Å². The van der Waals surface area contributed by atoms with Crippen LogP contribution in [0.25, 0.3) is 6.08 Å². The molecule has 0 radical (unpaired) electrons. The molecular formula is C18H14BrN3O6. The minimum Gasteiger partial charge on any atom is -0.504 e. The Balaban J connectivity index is 1.92. The van der Waals surface area contributed by atoms with Crippen molar-refractivity contribution in [3.8, 4) is 11.5 Å². The van der Waals surface area contributed by atoms with Crippen molar-refractivity contribution >= 4 is 39.6 Å². The van der Waals surface area contributed by atoms with Crippen LogP contribution in [0, 0.1) is 10.1 Å². The molecule has 28 heavy (non-hydrogen) atoms. The molecule has 9 nitrogen and oxygen atoms in total. The summed E-state index contributed by atoms with van der Waals surface area (Å²) >= 11 is 3.31. The van der Waals surface area contributed by atoms with E-state index < -0.39 is 16.9 Å². The molecule has 2 N–H and O–H groups in total. The van der Waals surface area contributed by atoms with Gasteiger partial charge >= 0.3 is 6.03 Å². The topological polar surface area (TPSA) is 122 Å². The highest BCUT2D eigenvalue weighted by molar-refractivity contribution is 9.10. The molecule has 3 amide bonds. The predicted molar refractivity (Wildman–Crippen MR) is 103 cm³/mol. The smallest absolute Gasteiger partial charge is 0.329 e. The lowest BCUT2D eigenvalue weighted by Crippen LogP contribution is -2.30. The third-order valence-corrected chi connectivity index (χ3v) is 4.56. The van der Waals surface area contributed by atoms with E-state index in [1.807, 2.05) is 0 Å². The van der Waals surface area contributed by atoms with Crippen LogP contribution in [0.3, 0.4) is 0 Å². The number of phenolic OH excluding ortho intramolecular Hbond substituents is 1. The second-order valence-corrected chi connectivity index (χ2v) is 6.76. The molecule has 0 atom stereocenters. The van der Waals surface area contributed by atoms with Crippen LogP contribution < -0.4 is 10.1 Å². The molecule has 0 aromatic heterocycles. The first-order valence-electron chi connectivity index (χ1n) is 7.94. The van der Waals surface area contributed by atoms with Crippen LogP contribution in [0.1, 0.15) is 11.1 Å². The Morgan fingerprint density at radius 1 is 1.29 bits per heavy atom. The highest BCUT2D eigenvalue weighted by Crippen LogP contribution is 2.36. The maximum Gasteiger partial charge on any atom is 0.329 e. The van der Waals surface area contributed by atoms with Crippen LogP contribution in [0.5, 0.6) is 11.5 Å². The number of rotatable bonds is 5. The number of aromatic hydroxyl groups is 1. The molecule has 144 valence electrons. The molecule has 2 aromatic carbocycles. The summed E-state index contributed by atoms with van der Waals surface area (Å²) in [4.78, 5) is 36.2. The van der Waals surface area contributed by atoms with Gasteiger partial charge in [0.2, 0.25) is 0 Å². The van der Waals surface area contributed by atoms with Crippen molar-refractivity contribution in [1.82, 2.24) is 10.2 Å². The zero-order valence-electron chi connectivity index (χ0n) is 14.5. The average molecular weight is 448 g/mol. The van der Waals surface area contributed by atoms with Gasteiger partial charge in [-0.15, -0.1) is 0 Å². The zero-order chi connectivity index (χ0) is 20.4. The number of benzene rings is 2. The molecule has 1 heterocycles. The molecule has 0 spiro atoms. The number of phenols is 1. The van der Waals surface area contributed by atoms with E-state index in [9.17, 15) is 24.8 Å². The molecule has 1 saturated heterocycles. The lowest BCUT2D eigenvalue weighted by Gasteiger charge is -2.11. The van der Waals surface area contributed by atoms with Crippen LogP contribution in [-0.4, -0.2) is 34.0 Å². The number of nitro benzene ring substituents is 1. The molecule has 1 aliphatic rings. The van der Waals surface area contributed by atoms with Crippen molar-refractivity contribution in [2.75, 3.05) is 7.11 Å². The fraction of sp³-hybridized carbons (Fsp3) is 0.111. The standard InChI is InChI=1S/C18H14BrN3O6/c1-28-15-8-13(22(26)27)6-11(16(15)23)7-14-17(24)21(18(25)20-14)9-10-2-4-12(19)5-3-10/h2-8,23H,9H2,1H3,(H,20,25)/b14-7-. The number of imide groups is 1. The van der Waals surface area contributed by atoms with Crippen LogP contribution in [-0.2, 0) is 11.3 Å². The lowest BCUT2D eigenvalue weighted by atomic mass is 10.1. The summed E-state index contributed by atoms with van der Waals surface area (Å²) in [5.41, 5.74) is 0.276. The number of nitro groups is 1. The number of nitrogens with zero attached hydrogens (tertiary/aromatic N) is 2. The van der Waals surface area contributed by atoms with Crippen molar-refractivity contribution < 1.29 is 24.4 Å². The Kier molecular flexibility index (Phi) is 5.32. The van der Waals surface area contributed by atoms with Crippen molar-refractivity contribution in [1.29, 1.82) is 0 Å². The van der Waals surface area contributed by atoms with Crippen molar-refractivity contribution in [3.05, 3.63) is 67.8 Å². The highest BCUT2D eigenvalue weighted by atomic mass is 79.9. The molecule has 0 unspecified atom stereocenters. The van der Waals surface area contributed by atoms with Gasteiger partial charge in [-0.25, -0.2) is 4.79 Å². The summed E-state index contributed by atoms with van der Waals surface area (Å²) in [6.45, 7) is 0.0551. The van der Waals surface area contributed by atoms with E-state index >= 15 is 0 Å². The van der Waals surface area contributed by atoms with E-state index in [0.29, 0.717) is 0 Å². The van der Waals surface area contributed by atoms with Gasteiger partial charge in [0.1, 0.15) is 5.70 Å². The quantitative estimate of drug-likeness (QED) is 0.314. The van der Waals surface area contributed by atoms with Gasteiger partial charge in [-0.05, 0) is 23.8 Å². The van der Waals surface area contributed by atoms with Crippen LogP contribution >= 0.6 is 15.9 Å². The number of non-ortho nitro benzene ring substituents is 1. The molecule has 2 aromatic rings. The fourth-order valence-electron chi connectivity index (χ4n) is 2.63. The number of hydrogen-bond donors (Lipinski definition) is 2. The van der Waals surface area contributed by atoms with Crippen molar-refractivity contribution in [3.63, 3.8) is 0 Å². The molecule has 10 heteroatoms. The third kappa shape index (κ3) is 3.81. The summed E-state index contributed by atoms with van der Waals surface area (Å²) in [6, 6.07) is 8.63. The minimum atomic E-state index is -0.654. The number of hydrogen-bond acceptors (Lipinski definition) is 6. The lowest BCUT2D eigenvalue weighted by molar-refractivity contribution is -0.385. The van der Waals surface area contributed by atoms with Crippen LogP contribution in [0.2, 0.25) is 0 Å². The van der Waals surface area contributed by atoms with Crippen LogP contribution in [0.4, 0.5) is 10.5 Å². The molecular weight excluding hydrogens is 434 g/mol. The second-order valence-electron chi connectivity index (χ2n) is 5.85. The average Bonchev–Trinajstić information content (AvgIpc) is 2.92. The van der Waals surface area contributed by atoms with E-state index in [1.165, 1.54) is 13.2 Å². The van der Waals surface area contributed by atoms with E-state index in [4.69, 9.17) is 4.74 Å². The monoisotopic (exact) mass is 447 g/mol. The summed E-state index contributed by atoms with van der Waals surface area (Å²) in [5, 5.41) is 23.7. The molecule has 0 saturated carbocycles. The van der Waals surface area contributed by atoms with Crippen molar-refractivity contribution in [2.45, 2.75) is 6.54 Å². The molecule has 0 aliphatic carbocycles. The van der Waals surface area contributed by atoms with E-state index in [-0.39, 0.29) is 35.0 Å². The number of methoxy groups -OCH3 is 1. The first-order chi connectivity index (χ1) is 13.3. The van der Waals surface area contributed by atoms with Gasteiger partial charge in [-0.3, -0.25) is 19.8 Å². The first-order valence-corrected chi connectivity index (χ1v) is 8.74. The highest BCUT2D eigenvalue weighted by Gasteiger charge is 2.34. The summed E-state index contributed by atoms with van der Waals surface area (Å²) in [5.74, 6) is -1.11. The van der Waals surface area contributed by atoms with Gasteiger partial charge in [0, 0.05) is 16.1 Å². The molecule has 1 fully saturated rings. The Bertz CT molecular complexity index is 1000. The second kappa shape index (κ2) is 7.69. The number of ether oxygens (including phenoxy) is 1. The normalized spacial score (nSPS) is 15.1. The number of nitrogens with one attached hydrogen (secondary N) is 1. The predicted octanol–water partition coefficient (Wildman–Crippen LogP) is 3.16. The zero-order valence-corrected chi connectivity index (χ0v) is 16.1. The maximum absolute atomic E-state index is 12.6. The Labute approximate surface area is 167 Å². The number of halogens is 1. The summed E-state index contributed by atoms with van der Waals surface area (Å²) in [6.07, 6.45) is 1.17. The van der Waals surface area contributed by atoms with E-state index in [1.54, 1.807) is 24.3 Å². The van der Waals surface area contributed by atoms with Crippen LogP contribution in [0.15, 0.2) is 46.6 Å². The molecule has 1 aliphatic heterocycles. The summed E-state index contributed by atoms with van der Waals surface area (Å²) in [7, 11) is 1.25.